The molecule has 0 aliphatic carbocycles. The first-order valence-electron chi connectivity index (χ1n) is 10.9. The van der Waals surface area contributed by atoms with Gasteiger partial charge >= 0.3 is 0 Å². The molecule has 3 aromatic rings. The number of fused-ring (bicyclic) bond motifs is 4. The van der Waals surface area contributed by atoms with Gasteiger partial charge in [-0.25, -0.2) is 8.78 Å². The van der Waals surface area contributed by atoms with Crippen LogP contribution in [-0.2, 0) is 6.54 Å². The standard InChI is InChI=1S/C26H27F2N2O/c1-2-18-16-30(15-17-7-8-22(27)23(28)13-17)12-10-19(18)14-25(30)26(31)21-9-11-29-24-6-4-3-5-20(21)24/h2-9,11,13,18-19,25-26,31H,1,10,12,14-16H2/q+1/t18-,19-,25+,26-,30?/m0/s1. The van der Waals surface area contributed by atoms with E-state index in [0.29, 0.717) is 22.9 Å². The van der Waals surface area contributed by atoms with Crippen LogP contribution in [0.4, 0.5) is 8.78 Å². The van der Waals surface area contributed by atoms with Crippen molar-refractivity contribution in [2.24, 2.45) is 11.8 Å². The fourth-order valence-corrected chi connectivity index (χ4v) is 5.97. The number of benzene rings is 2. The van der Waals surface area contributed by atoms with Gasteiger partial charge in [0.05, 0.1) is 18.6 Å². The molecule has 3 aliphatic rings. The van der Waals surface area contributed by atoms with Gasteiger partial charge in [-0.15, -0.1) is 6.58 Å². The summed E-state index contributed by atoms with van der Waals surface area (Å²) < 4.78 is 28.1. The van der Waals surface area contributed by atoms with Crippen LogP contribution in [0, 0.1) is 23.5 Å². The predicted octanol–water partition coefficient (Wildman–Crippen LogP) is 5.16. The third-order valence-corrected chi connectivity index (χ3v) is 7.52. The molecule has 31 heavy (non-hydrogen) atoms. The lowest BCUT2D eigenvalue weighted by Crippen LogP contribution is -2.67. The van der Waals surface area contributed by atoms with Gasteiger partial charge in [-0.2, -0.15) is 0 Å². The lowest BCUT2D eigenvalue weighted by molar-refractivity contribution is -0.984. The summed E-state index contributed by atoms with van der Waals surface area (Å²) >= 11 is 0. The first-order valence-corrected chi connectivity index (χ1v) is 10.9. The number of piperidine rings is 3. The second kappa shape index (κ2) is 7.81. The zero-order chi connectivity index (χ0) is 21.6. The average Bonchev–Trinajstić information content (AvgIpc) is 2.80. The van der Waals surface area contributed by atoms with E-state index in [9.17, 15) is 13.9 Å². The van der Waals surface area contributed by atoms with Crippen molar-refractivity contribution in [2.45, 2.75) is 31.5 Å². The average molecular weight is 422 g/mol. The molecule has 2 bridgehead atoms. The molecule has 3 saturated heterocycles. The summed E-state index contributed by atoms with van der Waals surface area (Å²) in [5.41, 5.74) is 2.52. The van der Waals surface area contributed by atoms with Crippen molar-refractivity contribution in [2.75, 3.05) is 13.1 Å². The molecule has 1 unspecified atom stereocenters. The number of aromatic nitrogens is 1. The van der Waals surface area contributed by atoms with Crippen LogP contribution in [0.5, 0.6) is 0 Å². The quantitative estimate of drug-likeness (QED) is 0.456. The van der Waals surface area contributed by atoms with E-state index >= 15 is 0 Å². The second-order valence-electron chi connectivity index (χ2n) is 9.14. The summed E-state index contributed by atoms with van der Waals surface area (Å²) in [6.07, 6.45) is 5.07. The van der Waals surface area contributed by atoms with Crippen molar-refractivity contribution in [1.29, 1.82) is 0 Å². The van der Waals surface area contributed by atoms with Crippen molar-refractivity contribution in [3.63, 3.8) is 0 Å². The Hall–Kier alpha value is -2.63. The van der Waals surface area contributed by atoms with Gasteiger partial charge < -0.3 is 9.59 Å². The van der Waals surface area contributed by atoms with Gasteiger partial charge in [0.15, 0.2) is 11.6 Å². The second-order valence-corrected chi connectivity index (χ2v) is 9.14. The first kappa shape index (κ1) is 20.3. The SMILES string of the molecule is C=C[C@H]1C[N+]2(Cc3ccc(F)c(F)c3)CC[C@H]1C[C@@H]2[C@@H](O)c1ccnc2ccccc12. The van der Waals surface area contributed by atoms with Gasteiger partial charge in [-0.05, 0) is 35.7 Å². The Bertz CT molecular complexity index is 1130. The highest BCUT2D eigenvalue weighted by molar-refractivity contribution is 5.82. The zero-order valence-electron chi connectivity index (χ0n) is 17.4. The van der Waals surface area contributed by atoms with E-state index < -0.39 is 17.7 Å². The normalized spacial score (nSPS) is 28.5. The van der Waals surface area contributed by atoms with Gasteiger partial charge in [0.25, 0.3) is 0 Å². The molecule has 0 saturated carbocycles. The smallest absolute Gasteiger partial charge is 0.159 e. The molecule has 1 aromatic heterocycles. The van der Waals surface area contributed by atoms with Crippen LogP contribution in [0.15, 0.2) is 67.4 Å². The van der Waals surface area contributed by atoms with Crippen LogP contribution in [0.3, 0.4) is 0 Å². The van der Waals surface area contributed by atoms with Crippen LogP contribution in [0.25, 0.3) is 10.9 Å². The Morgan fingerprint density at radius 2 is 2.00 bits per heavy atom. The Morgan fingerprint density at radius 1 is 1.16 bits per heavy atom. The van der Waals surface area contributed by atoms with Crippen molar-refractivity contribution in [3.05, 3.63) is 90.1 Å². The van der Waals surface area contributed by atoms with Crippen LogP contribution < -0.4 is 0 Å². The highest BCUT2D eigenvalue weighted by Gasteiger charge is 2.54. The largest absolute Gasteiger partial charge is 0.382 e. The number of para-hydroxylation sites is 1. The minimum Gasteiger partial charge on any atom is -0.382 e. The molecule has 0 spiro atoms. The molecule has 3 fully saturated rings. The molecular formula is C26H27F2N2O+. The monoisotopic (exact) mass is 421 g/mol. The Kier molecular flexibility index (Phi) is 5.11. The maximum atomic E-state index is 14.0. The molecule has 3 nitrogen and oxygen atoms in total. The van der Waals surface area contributed by atoms with Crippen molar-refractivity contribution in [1.82, 2.24) is 4.98 Å². The van der Waals surface area contributed by atoms with Crippen LogP contribution in [-0.4, -0.2) is 33.7 Å². The molecule has 1 N–H and O–H groups in total. The lowest BCUT2D eigenvalue weighted by Gasteiger charge is -2.58. The minimum absolute atomic E-state index is 0.0196. The molecule has 3 aliphatic heterocycles. The van der Waals surface area contributed by atoms with Crippen molar-refractivity contribution >= 4 is 10.9 Å². The molecule has 2 aromatic carbocycles. The number of aliphatic hydroxyl groups excluding tert-OH is 1. The number of rotatable bonds is 5. The molecule has 160 valence electrons. The minimum atomic E-state index is -0.829. The van der Waals surface area contributed by atoms with Gasteiger partial charge in [-0.3, -0.25) is 4.98 Å². The van der Waals surface area contributed by atoms with Crippen LogP contribution in [0.2, 0.25) is 0 Å². The van der Waals surface area contributed by atoms with Gasteiger partial charge in [0.2, 0.25) is 0 Å². The molecule has 4 heterocycles. The number of hydrogen-bond acceptors (Lipinski definition) is 2. The van der Waals surface area contributed by atoms with E-state index in [1.54, 1.807) is 12.3 Å². The molecule has 0 amide bonds. The van der Waals surface area contributed by atoms with Gasteiger partial charge in [0.1, 0.15) is 18.7 Å². The van der Waals surface area contributed by atoms with E-state index in [1.165, 1.54) is 12.1 Å². The highest BCUT2D eigenvalue weighted by atomic mass is 19.2. The number of hydrogen-bond donors (Lipinski definition) is 1. The molecular weight excluding hydrogens is 394 g/mol. The van der Waals surface area contributed by atoms with Crippen LogP contribution >= 0.6 is 0 Å². The summed E-state index contributed by atoms with van der Waals surface area (Å²) in [7, 11) is 0. The van der Waals surface area contributed by atoms with E-state index in [0.717, 1.165) is 48.0 Å². The van der Waals surface area contributed by atoms with Gasteiger partial charge in [-0.1, -0.05) is 30.3 Å². The third-order valence-electron chi connectivity index (χ3n) is 7.52. The number of halogens is 2. The molecule has 6 rings (SSSR count). The summed E-state index contributed by atoms with van der Waals surface area (Å²) in [5.74, 6) is -0.781. The van der Waals surface area contributed by atoms with Crippen molar-refractivity contribution in [3.8, 4) is 0 Å². The molecule has 0 radical (unpaired) electrons. The third kappa shape index (κ3) is 3.46. The topological polar surface area (TPSA) is 33.1 Å². The van der Waals surface area contributed by atoms with E-state index in [4.69, 9.17) is 0 Å². The number of aliphatic hydroxyl groups is 1. The predicted molar refractivity (Wildman–Crippen MR) is 117 cm³/mol. The Morgan fingerprint density at radius 3 is 2.81 bits per heavy atom. The zero-order valence-corrected chi connectivity index (χ0v) is 17.4. The molecule has 5 atom stereocenters. The fourth-order valence-electron chi connectivity index (χ4n) is 5.97. The van der Waals surface area contributed by atoms with Crippen LogP contribution in [0.1, 0.15) is 30.1 Å². The maximum Gasteiger partial charge on any atom is 0.159 e. The first-order chi connectivity index (χ1) is 15.0. The highest BCUT2D eigenvalue weighted by Crippen LogP contribution is 2.48. The summed E-state index contributed by atoms with van der Waals surface area (Å²) in [5, 5.41) is 12.6. The lowest BCUT2D eigenvalue weighted by atomic mass is 9.71. The number of pyridine rings is 1. The number of nitrogens with zero attached hydrogens (tertiary/aromatic N) is 2. The maximum absolute atomic E-state index is 14.0. The Balaban J connectivity index is 1.55. The van der Waals surface area contributed by atoms with E-state index in [2.05, 4.69) is 11.6 Å². The Labute approximate surface area is 181 Å². The van der Waals surface area contributed by atoms with Gasteiger partial charge in [0, 0.05) is 35.9 Å². The fraction of sp³-hybridized carbons (Fsp3) is 0.346. The summed E-state index contributed by atoms with van der Waals surface area (Å²) in [6, 6.07) is 13.9. The summed E-state index contributed by atoms with van der Waals surface area (Å²) in [6.45, 7) is 6.39. The summed E-state index contributed by atoms with van der Waals surface area (Å²) in [4.78, 5) is 4.44. The number of quaternary nitrogens is 1. The van der Waals surface area contributed by atoms with E-state index in [-0.39, 0.29) is 6.04 Å². The molecule has 5 heteroatoms. The van der Waals surface area contributed by atoms with E-state index in [1.807, 2.05) is 36.4 Å². The van der Waals surface area contributed by atoms with Crippen molar-refractivity contribution < 1.29 is 18.4 Å².